The summed E-state index contributed by atoms with van der Waals surface area (Å²) in [6.45, 7) is 1.89. The smallest absolute Gasteiger partial charge is 0.263 e. The van der Waals surface area contributed by atoms with E-state index in [1.165, 1.54) is 0 Å². The zero-order chi connectivity index (χ0) is 17.5. The van der Waals surface area contributed by atoms with E-state index in [2.05, 4.69) is 10.5 Å². The molecule has 2 aromatic carbocycles. The number of hydrogen-bond donors (Lipinski definition) is 2. The van der Waals surface area contributed by atoms with Gasteiger partial charge in [-0.3, -0.25) is 4.79 Å². The van der Waals surface area contributed by atoms with Crippen LogP contribution in [0.25, 0.3) is 0 Å². The highest BCUT2D eigenvalue weighted by Gasteiger charge is 2.14. The minimum absolute atomic E-state index is 0.164. The molecule has 0 saturated carbocycles. The van der Waals surface area contributed by atoms with Gasteiger partial charge in [-0.05, 0) is 42.8 Å². The average Bonchev–Trinajstić information content (AvgIpc) is 2.59. The standard InChI is InChI=1S/C17H17Cl2N3O2/c1-11(17(23)21-10-13-4-2-3-5-15(13)19)24-22-16(20)12-6-8-14(18)9-7-12/h2-9,11H,10H2,1H3,(H2,20,22)(H,21,23). The fourth-order valence-corrected chi connectivity index (χ4v) is 2.15. The van der Waals surface area contributed by atoms with Crippen molar-refractivity contribution >= 4 is 34.9 Å². The first-order valence-corrected chi connectivity index (χ1v) is 7.99. The number of nitrogens with two attached hydrogens (primary N) is 1. The van der Waals surface area contributed by atoms with Crippen LogP contribution in [-0.4, -0.2) is 17.8 Å². The number of carbonyl (C=O) groups excluding carboxylic acids is 1. The summed E-state index contributed by atoms with van der Waals surface area (Å²) in [6.07, 6.45) is -0.793. The third kappa shape index (κ3) is 5.15. The minimum Gasteiger partial charge on any atom is -0.381 e. The maximum atomic E-state index is 12.0. The molecule has 7 heteroatoms. The second kappa shape index (κ2) is 8.57. The number of halogens is 2. The Hall–Kier alpha value is -2.24. The van der Waals surface area contributed by atoms with E-state index in [0.717, 1.165) is 5.56 Å². The Balaban J connectivity index is 1.88. The molecular weight excluding hydrogens is 349 g/mol. The summed E-state index contributed by atoms with van der Waals surface area (Å²) in [5, 5.41) is 7.71. The highest BCUT2D eigenvalue weighted by Crippen LogP contribution is 2.14. The Kier molecular flexibility index (Phi) is 6.46. The van der Waals surface area contributed by atoms with Gasteiger partial charge in [0, 0.05) is 22.2 Å². The lowest BCUT2D eigenvalue weighted by Crippen LogP contribution is -2.33. The third-order valence-corrected chi connectivity index (χ3v) is 3.85. The molecule has 0 spiro atoms. The van der Waals surface area contributed by atoms with Crippen molar-refractivity contribution in [2.75, 3.05) is 0 Å². The maximum Gasteiger partial charge on any atom is 0.263 e. The summed E-state index contributed by atoms with van der Waals surface area (Å²) in [7, 11) is 0. The van der Waals surface area contributed by atoms with Gasteiger partial charge in [-0.1, -0.05) is 46.6 Å². The quantitative estimate of drug-likeness (QED) is 0.468. The number of oxime groups is 1. The van der Waals surface area contributed by atoms with Crippen molar-refractivity contribution in [1.29, 1.82) is 0 Å². The van der Waals surface area contributed by atoms with Crippen molar-refractivity contribution < 1.29 is 9.63 Å². The van der Waals surface area contributed by atoms with Gasteiger partial charge >= 0.3 is 0 Å². The minimum atomic E-state index is -0.793. The van der Waals surface area contributed by atoms with Crippen molar-refractivity contribution in [2.45, 2.75) is 19.6 Å². The molecule has 126 valence electrons. The molecule has 1 unspecified atom stereocenters. The first-order chi connectivity index (χ1) is 11.5. The van der Waals surface area contributed by atoms with Gasteiger partial charge in [0.25, 0.3) is 5.91 Å². The van der Waals surface area contributed by atoms with E-state index in [9.17, 15) is 4.79 Å². The van der Waals surface area contributed by atoms with Gasteiger partial charge in [0.05, 0.1) is 0 Å². The zero-order valence-corrected chi connectivity index (χ0v) is 14.5. The maximum absolute atomic E-state index is 12.0. The van der Waals surface area contributed by atoms with E-state index in [-0.39, 0.29) is 11.7 Å². The Morgan fingerprint density at radius 3 is 2.54 bits per heavy atom. The van der Waals surface area contributed by atoms with Gasteiger partial charge in [-0.15, -0.1) is 0 Å². The van der Waals surface area contributed by atoms with Crippen LogP contribution in [-0.2, 0) is 16.2 Å². The molecule has 0 fully saturated rings. The molecule has 2 rings (SSSR count). The number of nitrogens with one attached hydrogen (secondary N) is 1. The van der Waals surface area contributed by atoms with Gasteiger partial charge in [0.15, 0.2) is 5.84 Å². The average molecular weight is 366 g/mol. The Morgan fingerprint density at radius 1 is 1.21 bits per heavy atom. The first-order valence-electron chi connectivity index (χ1n) is 7.23. The summed E-state index contributed by atoms with van der Waals surface area (Å²) in [4.78, 5) is 17.2. The predicted molar refractivity (Wildman–Crippen MR) is 96.0 cm³/mol. The van der Waals surface area contributed by atoms with Gasteiger partial charge in [-0.2, -0.15) is 0 Å². The molecule has 1 atom stereocenters. The Labute approximate surface area is 150 Å². The highest BCUT2D eigenvalue weighted by molar-refractivity contribution is 6.31. The lowest BCUT2D eigenvalue weighted by atomic mass is 10.2. The largest absolute Gasteiger partial charge is 0.381 e. The monoisotopic (exact) mass is 365 g/mol. The van der Waals surface area contributed by atoms with Crippen LogP contribution in [0.5, 0.6) is 0 Å². The zero-order valence-electron chi connectivity index (χ0n) is 13.0. The topological polar surface area (TPSA) is 76.7 Å². The van der Waals surface area contributed by atoms with Crippen LogP contribution in [0.1, 0.15) is 18.1 Å². The van der Waals surface area contributed by atoms with Crippen molar-refractivity contribution in [3.8, 4) is 0 Å². The summed E-state index contributed by atoms with van der Waals surface area (Å²) < 4.78 is 0. The lowest BCUT2D eigenvalue weighted by molar-refractivity contribution is -0.131. The van der Waals surface area contributed by atoms with Crippen LogP contribution in [0.3, 0.4) is 0 Å². The molecule has 3 N–H and O–H groups in total. The summed E-state index contributed by atoms with van der Waals surface area (Å²) in [5.74, 6) is -0.153. The molecule has 0 aliphatic heterocycles. The van der Waals surface area contributed by atoms with Crippen LogP contribution in [0.15, 0.2) is 53.7 Å². The van der Waals surface area contributed by atoms with Gasteiger partial charge < -0.3 is 15.9 Å². The second-order valence-electron chi connectivity index (χ2n) is 5.04. The molecule has 24 heavy (non-hydrogen) atoms. The Bertz CT molecular complexity index is 733. The number of amidine groups is 1. The van der Waals surface area contributed by atoms with Gasteiger partial charge in [-0.25, -0.2) is 0 Å². The molecule has 0 aliphatic rings. The molecular formula is C17H17Cl2N3O2. The normalized spacial score (nSPS) is 12.5. The molecule has 5 nitrogen and oxygen atoms in total. The van der Waals surface area contributed by atoms with Crippen LogP contribution in [0.2, 0.25) is 10.0 Å². The highest BCUT2D eigenvalue weighted by atomic mass is 35.5. The number of benzene rings is 2. The van der Waals surface area contributed by atoms with Crippen molar-refractivity contribution in [3.05, 3.63) is 69.7 Å². The number of nitrogens with zero attached hydrogens (tertiary/aromatic N) is 1. The second-order valence-corrected chi connectivity index (χ2v) is 5.88. The van der Waals surface area contributed by atoms with Crippen LogP contribution < -0.4 is 11.1 Å². The van der Waals surface area contributed by atoms with E-state index in [0.29, 0.717) is 22.2 Å². The summed E-state index contributed by atoms with van der Waals surface area (Å²) >= 11 is 11.8. The lowest BCUT2D eigenvalue weighted by Gasteiger charge is -2.12. The van der Waals surface area contributed by atoms with Gasteiger partial charge in [0.1, 0.15) is 0 Å². The Morgan fingerprint density at radius 2 is 1.88 bits per heavy atom. The van der Waals surface area contributed by atoms with Gasteiger partial charge in [0.2, 0.25) is 6.10 Å². The molecule has 2 aromatic rings. The molecule has 1 amide bonds. The van der Waals surface area contributed by atoms with E-state index in [1.54, 1.807) is 37.3 Å². The fraction of sp³-hybridized carbons (Fsp3) is 0.176. The number of amides is 1. The summed E-state index contributed by atoms with van der Waals surface area (Å²) in [6, 6.07) is 14.1. The van der Waals surface area contributed by atoms with E-state index in [1.807, 2.05) is 18.2 Å². The number of hydrogen-bond acceptors (Lipinski definition) is 3. The molecule has 0 heterocycles. The molecule has 0 radical (unpaired) electrons. The first kappa shape index (κ1) is 18.1. The fourth-order valence-electron chi connectivity index (χ4n) is 1.82. The van der Waals surface area contributed by atoms with Crippen molar-refractivity contribution in [3.63, 3.8) is 0 Å². The number of carbonyl (C=O) groups is 1. The van der Waals surface area contributed by atoms with Crippen molar-refractivity contribution in [1.82, 2.24) is 5.32 Å². The van der Waals surface area contributed by atoms with E-state index >= 15 is 0 Å². The summed E-state index contributed by atoms with van der Waals surface area (Å²) in [5.41, 5.74) is 7.29. The molecule has 0 aliphatic carbocycles. The predicted octanol–water partition coefficient (Wildman–Crippen LogP) is 3.34. The number of rotatable bonds is 6. The van der Waals surface area contributed by atoms with E-state index in [4.69, 9.17) is 33.8 Å². The molecule has 0 aromatic heterocycles. The van der Waals surface area contributed by atoms with Crippen LogP contribution in [0, 0.1) is 0 Å². The molecule has 0 bridgehead atoms. The van der Waals surface area contributed by atoms with E-state index < -0.39 is 6.10 Å². The van der Waals surface area contributed by atoms with Crippen molar-refractivity contribution in [2.24, 2.45) is 10.9 Å². The van der Waals surface area contributed by atoms with Crippen LogP contribution in [0.4, 0.5) is 0 Å². The molecule has 0 saturated heterocycles. The SMILES string of the molecule is CC(O/N=C(\N)c1ccc(Cl)cc1)C(=O)NCc1ccccc1Cl. The van der Waals surface area contributed by atoms with Crippen LogP contribution >= 0.6 is 23.2 Å². The third-order valence-electron chi connectivity index (χ3n) is 3.23.